The van der Waals surface area contributed by atoms with E-state index in [2.05, 4.69) is 16.2 Å². The molecule has 2 heterocycles. The van der Waals surface area contributed by atoms with Gasteiger partial charge in [-0.25, -0.2) is 4.98 Å². The number of amides is 1. The molecule has 21 heavy (non-hydrogen) atoms. The molecule has 2 aromatic heterocycles. The van der Waals surface area contributed by atoms with E-state index >= 15 is 0 Å². The van der Waals surface area contributed by atoms with Crippen LogP contribution in [0, 0.1) is 12.3 Å². The Morgan fingerprint density at radius 1 is 1.52 bits per heavy atom. The molecule has 0 bridgehead atoms. The van der Waals surface area contributed by atoms with Gasteiger partial charge in [0.15, 0.2) is 0 Å². The van der Waals surface area contributed by atoms with E-state index in [4.69, 9.17) is 12.2 Å². The smallest absolute Gasteiger partial charge is 0.397 e. The molecule has 2 rings (SSSR count). The van der Waals surface area contributed by atoms with Crippen molar-refractivity contribution in [1.82, 2.24) is 10.3 Å². The van der Waals surface area contributed by atoms with E-state index in [1.807, 2.05) is 0 Å². The quantitative estimate of drug-likeness (QED) is 0.838. The number of nitrogens with one attached hydrogen (secondary N) is 1. The van der Waals surface area contributed by atoms with E-state index in [0.717, 1.165) is 17.4 Å². The summed E-state index contributed by atoms with van der Waals surface area (Å²) in [6.07, 6.45) is 0.601. The molecular weight excluding hydrogens is 303 g/mol. The van der Waals surface area contributed by atoms with Crippen LogP contribution in [0.4, 0.5) is 18.9 Å². The van der Waals surface area contributed by atoms with Crippen LogP contribution in [0.25, 0.3) is 10.2 Å². The molecule has 3 N–H and O–H groups in total. The van der Waals surface area contributed by atoms with Gasteiger partial charge in [0, 0.05) is 5.39 Å². The Hall–Kier alpha value is -2.27. The zero-order valence-electron chi connectivity index (χ0n) is 10.8. The zero-order valence-corrected chi connectivity index (χ0v) is 11.6. The summed E-state index contributed by atoms with van der Waals surface area (Å²) in [5.41, 5.74) is 4.86. The third-order valence-corrected chi connectivity index (χ3v) is 3.80. The van der Waals surface area contributed by atoms with Gasteiger partial charge in [-0.2, -0.15) is 13.2 Å². The van der Waals surface area contributed by atoms with E-state index in [-0.39, 0.29) is 15.4 Å². The average molecular weight is 313 g/mol. The minimum absolute atomic E-state index is 0.0563. The lowest BCUT2D eigenvalue weighted by Crippen LogP contribution is -2.31. The average Bonchev–Trinajstić information content (AvgIpc) is 2.74. The number of thiophene rings is 1. The zero-order chi connectivity index (χ0) is 15.8. The number of terminal acetylenes is 1. The summed E-state index contributed by atoms with van der Waals surface area (Å²) in [5.74, 6) is 1.78. The third-order valence-electron chi connectivity index (χ3n) is 2.69. The van der Waals surface area contributed by atoms with E-state index in [0.29, 0.717) is 5.39 Å². The van der Waals surface area contributed by atoms with Gasteiger partial charge >= 0.3 is 6.18 Å². The van der Waals surface area contributed by atoms with Crippen molar-refractivity contribution in [1.29, 1.82) is 0 Å². The van der Waals surface area contributed by atoms with Crippen molar-refractivity contribution < 1.29 is 18.0 Å². The Morgan fingerprint density at radius 2 is 2.19 bits per heavy atom. The number of carbonyl (C=O) groups is 1. The number of aromatic nitrogens is 1. The van der Waals surface area contributed by atoms with Crippen LogP contribution in [-0.4, -0.2) is 16.9 Å². The van der Waals surface area contributed by atoms with Crippen molar-refractivity contribution >= 4 is 33.1 Å². The highest BCUT2D eigenvalue weighted by molar-refractivity contribution is 7.21. The molecule has 0 aliphatic heterocycles. The maximum Gasteiger partial charge on any atom is 0.433 e. The Balaban J connectivity index is 2.46. The van der Waals surface area contributed by atoms with Crippen LogP contribution in [0.3, 0.4) is 0 Å². The highest BCUT2D eigenvalue weighted by atomic mass is 32.1. The standard InChI is InChI=1S/C13H10F3N3OS/c1-3-6(2)18-11(20)10-9(17)7-4-5-8(13(14,15)16)19-12(7)21-10/h1,4-6H,17H2,2H3,(H,18,20). The van der Waals surface area contributed by atoms with E-state index < -0.39 is 23.8 Å². The molecule has 110 valence electrons. The van der Waals surface area contributed by atoms with E-state index in [9.17, 15) is 18.0 Å². The van der Waals surface area contributed by atoms with E-state index in [1.165, 1.54) is 6.07 Å². The van der Waals surface area contributed by atoms with Gasteiger partial charge in [-0.15, -0.1) is 17.8 Å². The molecular formula is C13H10F3N3OS. The van der Waals surface area contributed by atoms with Crippen LogP contribution in [0.5, 0.6) is 0 Å². The second kappa shape index (κ2) is 5.26. The minimum atomic E-state index is -4.55. The van der Waals surface area contributed by atoms with Crippen molar-refractivity contribution in [2.75, 3.05) is 5.73 Å². The number of nitrogen functional groups attached to an aromatic ring is 1. The summed E-state index contributed by atoms with van der Waals surface area (Å²) in [6, 6.07) is 1.52. The van der Waals surface area contributed by atoms with Crippen LogP contribution >= 0.6 is 11.3 Å². The first-order valence-electron chi connectivity index (χ1n) is 5.77. The fourth-order valence-electron chi connectivity index (χ4n) is 1.63. The third kappa shape index (κ3) is 2.92. The van der Waals surface area contributed by atoms with Crippen molar-refractivity contribution in [2.24, 2.45) is 0 Å². The second-order valence-electron chi connectivity index (χ2n) is 4.25. The number of halogens is 3. The molecule has 1 atom stereocenters. The van der Waals surface area contributed by atoms with Crippen molar-refractivity contribution in [3.05, 3.63) is 22.7 Å². The predicted molar refractivity (Wildman–Crippen MR) is 74.8 cm³/mol. The Bertz CT molecular complexity index is 745. The van der Waals surface area contributed by atoms with Crippen LogP contribution in [0.1, 0.15) is 22.3 Å². The van der Waals surface area contributed by atoms with Gasteiger partial charge in [-0.3, -0.25) is 4.79 Å². The minimum Gasteiger partial charge on any atom is -0.397 e. The van der Waals surface area contributed by atoms with Crippen LogP contribution in [0.15, 0.2) is 12.1 Å². The molecule has 8 heteroatoms. The number of nitrogens with zero attached hydrogens (tertiary/aromatic N) is 1. The number of anilines is 1. The monoisotopic (exact) mass is 313 g/mol. The van der Waals surface area contributed by atoms with Gasteiger partial charge in [0.05, 0.1) is 11.7 Å². The number of carbonyl (C=O) groups excluding carboxylic acids is 1. The summed E-state index contributed by atoms with van der Waals surface area (Å²) >= 11 is 0.798. The van der Waals surface area contributed by atoms with Crippen molar-refractivity contribution in [3.63, 3.8) is 0 Å². The lowest BCUT2D eigenvalue weighted by atomic mass is 10.2. The maximum absolute atomic E-state index is 12.6. The van der Waals surface area contributed by atoms with Gasteiger partial charge in [-0.1, -0.05) is 5.92 Å². The topological polar surface area (TPSA) is 68.0 Å². The van der Waals surface area contributed by atoms with Crippen molar-refractivity contribution in [3.8, 4) is 12.3 Å². The SMILES string of the molecule is C#CC(C)NC(=O)c1sc2nc(C(F)(F)F)ccc2c1N. The molecule has 2 aromatic rings. The number of pyridine rings is 1. The summed E-state index contributed by atoms with van der Waals surface area (Å²) in [5, 5.41) is 2.81. The number of hydrogen-bond acceptors (Lipinski definition) is 4. The molecule has 0 fully saturated rings. The maximum atomic E-state index is 12.6. The second-order valence-corrected chi connectivity index (χ2v) is 5.25. The molecule has 0 saturated carbocycles. The van der Waals surface area contributed by atoms with Gasteiger partial charge in [0.1, 0.15) is 15.4 Å². The highest BCUT2D eigenvalue weighted by Gasteiger charge is 2.33. The lowest BCUT2D eigenvalue weighted by Gasteiger charge is -2.06. The molecule has 1 unspecified atom stereocenters. The van der Waals surface area contributed by atoms with Crippen LogP contribution < -0.4 is 11.1 Å². The number of fused-ring (bicyclic) bond motifs is 1. The van der Waals surface area contributed by atoms with Gasteiger partial charge < -0.3 is 11.1 Å². The summed E-state index contributed by atoms with van der Waals surface area (Å²) in [4.78, 5) is 15.6. The summed E-state index contributed by atoms with van der Waals surface area (Å²) < 4.78 is 37.8. The first kappa shape index (κ1) is 15.1. The molecule has 0 aliphatic rings. The fourth-order valence-corrected chi connectivity index (χ4v) is 2.62. The van der Waals surface area contributed by atoms with Crippen LogP contribution in [0.2, 0.25) is 0 Å². The van der Waals surface area contributed by atoms with Crippen molar-refractivity contribution in [2.45, 2.75) is 19.1 Å². The highest BCUT2D eigenvalue weighted by Crippen LogP contribution is 2.35. The number of alkyl halides is 3. The molecule has 0 saturated heterocycles. The summed E-state index contributed by atoms with van der Waals surface area (Å²) in [6.45, 7) is 1.60. The number of nitrogens with two attached hydrogens (primary N) is 1. The fraction of sp³-hybridized carbons (Fsp3) is 0.231. The Kier molecular flexibility index (Phi) is 3.78. The Labute approximate surface area is 122 Å². The molecule has 0 aromatic carbocycles. The van der Waals surface area contributed by atoms with Gasteiger partial charge in [-0.05, 0) is 19.1 Å². The normalized spacial score (nSPS) is 12.9. The molecule has 0 radical (unpaired) electrons. The van der Waals surface area contributed by atoms with Crippen LogP contribution in [-0.2, 0) is 6.18 Å². The van der Waals surface area contributed by atoms with Gasteiger partial charge in [0.25, 0.3) is 5.91 Å². The molecule has 0 aliphatic carbocycles. The number of rotatable bonds is 2. The molecule has 1 amide bonds. The molecule has 4 nitrogen and oxygen atoms in total. The predicted octanol–water partition coefficient (Wildman–Crippen LogP) is 2.65. The largest absolute Gasteiger partial charge is 0.433 e. The Morgan fingerprint density at radius 3 is 2.76 bits per heavy atom. The lowest BCUT2D eigenvalue weighted by molar-refractivity contribution is -0.140. The van der Waals surface area contributed by atoms with Gasteiger partial charge in [0.2, 0.25) is 0 Å². The number of hydrogen-bond donors (Lipinski definition) is 2. The summed E-state index contributed by atoms with van der Waals surface area (Å²) in [7, 11) is 0. The van der Waals surface area contributed by atoms with E-state index in [1.54, 1.807) is 6.92 Å². The molecule has 0 spiro atoms. The first-order valence-corrected chi connectivity index (χ1v) is 6.59. The first-order chi connectivity index (χ1) is 9.74.